The molecule has 144 valence electrons. The number of nitrogens with zero attached hydrogens (tertiary/aromatic N) is 1. The highest BCUT2D eigenvalue weighted by atomic mass is 16.2. The van der Waals surface area contributed by atoms with E-state index in [4.69, 9.17) is 0 Å². The van der Waals surface area contributed by atoms with Gasteiger partial charge in [-0.05, 0) is 41.8 Å². The number of amides is 3. The lowest BCUT2D eigenvalue weighted by molar-refractivity contribution is -0.133. The zero-order chi connectivity index (χ0) is 20.1. The van der Waals surface area contributed by atoms with Crippen LogP contribution in [0.4, 0.5) is 0 Å². The smallest absolute Gasteiger partial charge is 0.251 e. The van der Waals surface area contributed by atoms with Crippen LogP contribution in [0, 0.1) is 0 Å². The predicted octanol–water partition coefficient (Wildman–Crippen LogP) is 2.15. The van der Waals surface area contributed by atoms with Crippen molar-refractivity contribution in [3.63, 3.8) is 0 Å². The van der Waals surface area contributed by atoms with Crippen molar-refractivity contribution >= 4 is 17.7 Å². The van der Waals surface area contributed by atoms with Gasteiger partial charge in [0.15, 0.2) is 0 Å². The predicted molar refractivity (Wildman–Crippen MR) is 106 cm³/mol. The number of hydrogen-bond acceptors (Lipinski definition) is 3. The van der Waals surface area contributed by atoms with Crippen molar-refractivity contribution in [3.8, 4) is 0 Å². The Labute approximate surface area is 164 Å². The second-order valence-electron chi connectivity index (χ2n) is 6.78. The van der Waals surface area contributed by atoms with Gasteiger partial charge in [-0.2, -0.15) is 0 Å². The summed E-state index contributed by atoms with van der Waals surface area (Å²) in [7, 11) is 0. The molecule has 0 saturated heterocycles. The highest BCUT2D eigenvalue weighted by molar-refractivity contribution is 5.97. The van der Waals surface area contributed by atoms with Crippen molar-refractivity contribution in [1.82, 2.24) is 15.5 Å². The Hall–Kier alpha value is -3.41. The number of carbonyl (C=O) groups is 3. The zero-order valence-electron chi connectivity index (χ0n) is 15.8. The van der Waals surface area contributed by atoms with Gasteiger partial charge in [0.1, 0.15) is 6.04 Å². The standard InChI is InChI=1S/C22H23N3O3/c1-3-20(26)23-12-16-8-10-17(11-9-16)21(27)24-15(2)22(28)25-13-18-6-4-5-7-19(18)14-25/h3-11,15H,1,12-14H2,2H3,(H,23,26)(H,24,27)/t15-/m0/s1. The van der Waals surface area contributed by atoms with E-state index in [9.17, 15) is 14.4 Å². The molecule has 6 nitrogen and oxygen atoms in total. The highest BCUT2D eigenvalue weighted by Crippen LogP contribution is 2.22. The fraction of sp³-hybridized carbons (Fsp3) is 0.227. The molecule has 0 unspecified atom stereocenters. The molecule has 2 N–H and O–H groups in total. The molecule has 0 radical (unpaired) electrons. The molecule has 28 heavy (non-hydrogen) atoms. The second-order valence-corrected chi connectivity index (χ2v) is 6.78. The Morgan fingerprint density at radius 3 is 2.25 bits per heavy atom. The topological polar surface area (TPSA) is 78.5 Å². The summed E-state index contributed by atoms with van der Waals surface area (Å²) in [5.74, 6) is -0.661. The molecule has 0 aromatic heterocycles. The molecule has 0 saturated carbocycles. The molecular formula is C22H23N3O3. The fourth-order valence-corrected chi connectivity index (χ4v) is 3.14. The third kappa shape index (κ3) is 4.46. The average molecular weight is 377 g/mol. The van der Waals surface area contributed by atoms with E-state index in [1.807, 2.05) is 24.3 Å². The van der Waals surface area contributed by atoms with E-state index >= 15 is 0 Å². The van der Waals surface area contributed by atoms with Gasteiger partial charge in [0.2, 0.25) is 11.8 Å². The quantitative estimate of drug-likeness (QED) is 0.757. The third-order valence-corrected chi connectivity index (χ3v) is 4.74. The van der Waals surface area contributed by atoms with Crippen LogP contribution in [-0.4, -0.2) is 28.7 Å². The van der Waals surface area contributed by atoms with Crippen LogP contribution in [-0.2, 0) is 29.2 Å². The van der Waals surface area contributed by atoms with Crippen LogP contribution >= 0.6 is 0 Å². The van der Waals surface area contributed by atoms with Gasteiger partial charge in [0.25, 0.3) is 5.91 Å². The van der Waals surface area contributed by atoms with Gasteiger partial charge in [-0.1, -0.05) is 43.0 Å². The van der Waals surface area contributed by atoms with E-state index in [2.05, 4.69) is 17.2 Å². The zero-order valence-corrected chi connectivity index (χ0v) is 15.8. The van der Waals surface area contributed by atoms with E-state index in [1.165, 1.54) is 6.08 Å². The summed E-state index contributed by atoms with van der Waals surface area (Å²) in [5, 5.41) is 5.44. The molecular weight excluding hydrogens is 354 g/mol. The van der Waals surface area contributed by atoms with Gasteiger partial charge < -0.3 is 15.5 Å². The lowest BCUT2D eigenvalue weighted by Crippen LogP contribution is -2.45. The summed E-state index contributed by atoms with van der Waals surface area (Å²) in [6, 6.07) is 14.2. The Morgan fingerprint density at radius 1 is 1.07 bits per heavy atom. The minimum Gasteiger partial charge on any atom is -0.348 e. The SMILES string of the molecule is C=CC(=O)NCc1ccc(C(=O)N[C@@H](C)C(=O)N2Cc3ccccc3C2)cc1. The van der Waals surface area contributed by atoms with E-state index < -0.39 is 6.04 Å². The molecule has 0 spiro atoms. The maximum absolute atomic E-state index is 12.7. The summed E-state index contributed by atoms with van der Waals surface area (Å²) in [5.41, 5.74) is 3.62. The van der Waals surface area contributed by atoms with Crippen LogP contribution in [0.15, 0.2) is 61.2 Å². The first-order valence-corrected chi connectivity index (χ1v) is 9.13. The van der Waals surface area contributed by atoms with Gasteiger partial charge in [0, 0.05) is 25.2 Å². The largest absolute Gasteiger partial charge is 0.348 e. The number of carbonyl (C=O) groups excluding carboxylic acids is 3. The third-order valence-electron chi connectivity index (χ3n) is 4.74. The molecule has 0 fully saturated rings. The molecule has 1 atom stereocenters. The normalized spacial score (nSPS) is 13.4. The number of benzene rings is 2. The Balaban J connectivity index is 1.54. The molecule has 3 rings (SSSR count). The molecule has 6 heteroatoms. The maximum atomic E-state index is 12.7. The van der Waals surface area contributed by atoms with Crippen molar-refractivity contribution in [2.75, 3.05) is 0 Å². The summed E-state index contributed by atoms with van der Waals surface area (Å²) in [4.78, 5) is 38.1. The first-order chi connectivity index (χ1) is 13.5. The molecule has 1 aliphatic heterocycles. The van der Waals surface area contributed by atoms with Gasteiger partial charge >= 0.3 is 0 Å². The van der Waals surface area contributed by atoms with Gasteiger partial charge in [-0.3, -0.25) is 14.4 Å². The molecule has 3 amide bonds. The Morgan fingerprint density at radius 2 is 1.68 bits per heavy atom. The summed E-state index contributed by atoms with van der Waals surface area (Å²) < 4.78 is 0. The lowest BCUT2D eigenvalue weighted by Gasteiger charge is -2.21. The van der Waals surface area contributed by atoms with Gasteiger partial charge in [-0.25, -0.2) is 0 Å². The molecule has 1 aliphatic rings. The lowest BCUT2D eigenvalue weighted by atomic mass is 10.1. The van der Waals surface area contributed by atoms with Crippen molar-refractivity contribution in [1.29, 1.82) is 0 Å². The van der Waals surface area contributed by atoms with Crippen LogP contribution < -0.4 is 10.6 Å². The first-order valence-electron chi connectivity index (χ1n) is 9.13. The molecule has 0 aliphatic carbocycles. The maximum Gasteiger partial charge on any atom is 0.251 e. The van der Waals surface area contributed by atoms with Crippen molar-refractivity contribution in [2.24, 2.45) is 0 Å². The number of nitrogens with one attached hydrogen (secondary N) is 2. The van der Waals surface area contributed by atoms with E-state index in [-0.39, 0.29) is 17.7 Å². The summed E-state index contributed by atoms with van der Waals surface area (Å²) in [6.45, 7) is 6.59. The van der Waals surface area contributed by atoms with Gasteiger partial charge in [0.05, 0.1) is 0 Å². The molecule has 2 aromatic rings. The molecule has 1 heterocycles. The number of rotatable bonds is 6. The monoisotopic (exact) mass is 377 g/mol. The van der Waals surface area contributed by atoms with E-state index in [0.29, 0.717) is 25.2 Å². The first kappa shape index (κ1) is 19.4. The minimum absolute atomic E-state index is 0.103. The van der Waals surface area contributed by atoms with E-state index in [0.717, 1.165) is 16.7 Å². The van der Waals surface area contributed by atoms with Crippen LogP contribution in [0.1, 0.15) is 34.0 Å². The Kier molecular flexibility index (Phi) is 5.89. The fourth-order valence-electron chi connectivity index (χ4n) is 3.14. The molecule has 2 aromatic carbocycles. The average Bonchev–Trinajstić information content (AvgIpc) is 3.15. The van der Waals surface area contributed by atoms with Crippen molar-refractivity contribution in [2.45, 2.75) is 32.6 Å². The van der Waals surface area contributed by atoms with Crippen LogP contribution in [0.3, 0.4) is 0 Å². The summed E-state index contributed by atoms with van der Waals surface area (Å²) >= 11 is 0. The van der Waals surface area contributed by atoms with Crippen LogP contribution in [0.25, 0.3) is 0 Å². The Bertz CT molecular complexity index is 880. The molecule has 0 bridgehead atoms. The number of fused-ring (bicyclic) bond motifs is 1. The van der Waals surface area contributed by atoms with Gasteiger partial charge in [-0.15, -0.1) is 0 Å². The number of hydrogen-bond donors (Lipinski definition) is 2. The van der Waals surface area contributed by atoms with Crippen molar-refractivity contribution in [3.05, 3.63) is 83.4 Å². The minimum atomic E-state index is -0.617. The van der Waals surface area contributed by atoms with Crippen molar-refractivity contribution < 1.29 is 14.4 Å². The summed E-state index contributed by atoms with van der Waals surface area (Å²) in [6.07, 6.45) is 1.21. The second kappa shape index (κ2) is 8.52. The van der Waals surface area contributed by atoms with Crippen LogP contribution in [0.5, 0.6) is 0 Å². The van der Waals surface area contributed by atoms with E-state index in [1.54, 1.807) is 36.1 Å². The van der Waals surface area contributed by atoms with Crippen LogP contribution in [0.2, 0.25) is 0 Å². The highest BCUT2D eigenvalue weighted by Gasteiger charge is 2.27.